The van der Waals surface area contributed by atoms with Gasteiger partial charge in [-0.15, -0.1) is 0 Å². The smallest absolute Gasteiger partial charge is 0.0815 e. The van der Waals surface area contributed by atoms with Crippen molar-refractivity contribution in [3.8, 4) is 0 Å². The first-order chi connectivity index (χ1) is 8.18. The van der Waals surface area contributed by atoms with E-state index in [0.717, 1.165) is 19.4 Å². The van der Waals surface area contributed by atoms with E-state index < -0.39 is 5.60 Å². The molecule has 1 aromatic carbocycles. The van der Waals surface area contributed by atoms with Gasteiger partial charge in [-0.25, -0.2) is 0 Å². The molecular weight excluding hydrogens is 214 g/mol. The van der Waals surface area contributed by atoms with Crippen molar-refractivity contribution in [1.82, 2.24) is 5.32 Å². The fourth-order valence-corrected chi connectivity index (χ4v) is 2.07. The summed E-state index contributed by atoms with van der Waals surface area (Å²) in [6.45, 7) is 4.88. The van der Waals surface area contributed by atoms with Gasteiger partial charge in [0.1, 0.15) is 0 Å². The molecule has 1 saturated heterocycles. The molecule has 17 heavy (non-hydrogen) atoms. The Kier molecular flexibility index (Phi) is 4.15. The molecule has 0 radical (unpaired) electrons. The molecule has 3 nitrogen and oxygen atoms in total. The van der Waals surface area contributed by atoms with E-state index >= 15 is 0 Å². The molecule has 0 spiro atoms. The second kappa shape index (κ2) is 5.63. The number of ether oxygens (including phenoxy) is 1. The van der Waals surface area contributed by atoms with Crippen LogP contribution in [0.25, 0.3) is 0 Å². The summed E-state index contributed by atoms with van der Waals surface area (Å²) >= 11 is 0. The van der Waals surface area contributed by atoms with Crippen molar-refractivity contribution in [2.45, 2.75) is 31.9 Å². The van der Waals surface area contributed by atoms with Crippen molar-refractivity contribution in [1.29, 1.82) is 0 Å². The SMILES string of the molecule is Cc1ccc(CNCC2(O)CCOCC2)cc1. The minimum atomic E-state index is -0.580. The van der Waals surface area contributed by atoms with Gasteiger partial charge in [0, 0.05) is 39.1 Å². The largest absolute Gasteiger partial charge is 0.388 e. The summed E-state index contributed by atoms with van der Waals surface area (Å²) in [4.78, 5) is 0. The van der Waals surface area contributed by atoms with Crippen molar-refractivity contribution in [3.05, 3.63) is 35.4 Å². The van der Waals surface area contributed by atoms with Gasteiger partial charge in [-0.3, -0.25) is 0 Å². The third-order valence-corrected chi connectivity index (χ3v) is 3.33. The molecule has 1 aliphatic heterocycles. The van der Waals surface area contributed by atoms with Gasteiger partial charge in [-0.1, -0.05) is 29.8 Å². The Morgan fingerprint density at radius 1 is 1.24 bits per heavy atom. The molecule has 0 aromatic heterocycles. The first-order valence-electron chi connectivity index (χ1n) is 6.24. The molecule has 0 aliphatic carbocycles. The molecule has 3 heteroatoms. The van der Waals surface area contributed by atoms with Crippen molar-refractivity contribution >= 4 is 0 Å². The molecule has 0 amide bonds. The average molecular weight is 235 g/mol. The fourth-order valence-electron chi connectivity index (χ4n) is 2.07. The van der Waals surface area contributed by atoms with E-state index in [-0.39, 0.29) is 0 Å². The minimum absolute atomic E-state index is 0.580. The molecule has 0 unspecified atom stereocenters. The van der Waals surface area contributed by atoms with Gasteiger partial charge in [0.05, 0.1) is 5.60 Å². The normalized spacial score (nSPS) is 19.2. The first-order valence-corrected chi connectivity index (χ1v) is 6.24. The predicted octanol–water partition coefficient (Wildman–Crippen LogP) is 1.63. The highest BCUT2D eigenvalue weighted by molar-refractivity contribution is 5.21. The van der Waals surface area contributed by atoms with E-state index in [1.807, 2.05) is 0 Å². The summed E-state index contributed by atoms with van der Waals surface area (Å²) in [7, 11) is 0. The minimum Gasteiger partial charge on any atom is -0.388 e. The van der Waals surface area contributed by atoms with E-state index in [9.17, 15) is 5.11 Å². The fraction of sp³-hybridized carbons (Fsp3) is 0.571. The molecule has 0 atom stereocenters. The highest BCUT2D eigenvalue weighted by Gasteiger charge is 2.28. The lowest BCUT2D eigenvalue weighted by molar-refractivity contribution is -0.0617. The zero-order valence-corrected chi connectivity index (χ0v) is 10.4. The van der Waals surface area contributed by atoms with E-state index in [1.165, 1.54) is 11.1 Å². The number of hydrogen-bond acceptors (Lipinski definition) is 3. The van der Waals surface area contributed by atoms with Crippen LogP contribution in [-0.4, -0.2) is 30.5 Å². The maximum Gasteiger partial charge on any atom is 0.0815 e. The van der Waals surface area contributed by atoms with E-state index in [2.05, 4.69) is 36.5 Å². The molecule has 0 saturated carbocycles. The monoisotopic (exact) mass is 235 g/mol. The van der Waals surface area contributed by atoms with Gasteiger partial charge in [-0.05, 0) is 12.5 Å². The van der Waals surface area contributed by atoms with Crippen molar-refractivity contribution in [3.63, 3.8) is 0 Å². The zero-order valence-electron chi connectivity index (χ0n) is 10.4. The Morgan fingerprint density at radius 3 is 2.53 bits per heavy atom. The summed E-state index contributed by atoms with van der Waals surface area (Å²) < 4.78 is 5.25. The molecule has 2 N–H and O–H groups in total. The van der Waals surface area contributed by atoms with Crippen LogP contribution in [0.4, 0.5) is 0 Å². The summed E-state index contributed by atoms with van der Waals surface area (Å²) in [5.41, 5.74) is 1.95. The van der Waals surface area contributed by atoms with Crippen LogP contribution in [0.3, 0.4) is 0 Å². The van der Waals surface area contributed by atoms with Crippen molar-refractivity contribution in [2.75, 3.05) is 19.8 Å². The quantitative estimate of drug-likeness (QED) is 0.833. The molecule has 1 aliphatic rings. The Bertz CT molecular complexity index is 342. The average Bonchev–Trinajstić information content (AvgIpc) is 2.32. The summed E-state index contributed by atoms with van der Waals surface area (Å²) in [5.74, 6) is 0. The number of benzene rings is 1. The topological polar surface area (TPSA) is 41.5 Å². The highest BCUT2D eigenvalue weighted by Crippen LogP contribution is 2.19. The lowest BCUT2D eigenvalue weighted by Crippen LogP contribution is -2.44. The number of aryl methyl sites for hydroxylation is 1. The Labute approximate surface area is 103 Å². The Morgan fingerprint density at radius 2 is 1.88 bits per heavy atom. The van der Waals surface area contributed by atoms with E-state index in [0.29, 0.717) is 19.8 Å². The van der Waals surface area contributed by atoms with Gasteiger partial charge in [0.25, 0.3) is 0 Å². The van der Waals surface area contributed by atoms with Crippen molar-refractivity contribution in [2.24, 2.45) is 0 Å². The van der Waals surface area contributed by atoms with Gasteiger partial charge in [-0.2, -0.15) is 0 Å². The van der Waals surface area contributed by atoms with Gasteiger partial charge in [0.15, 0.2) is 0 Å². The van der Waals surface area contributed by atoms with Gasteiger partial charge < -0.3 is 15.2 Å². The molecule has 1 heterocycles. The predicted molar refractivity (Wildman–Crippen MR) is 67.9 cm³/mol. The van der Waals surface area contributed by atoms with Crippen LogP contribution in [0, 0.1) is 6.92 Å². The van der Waals surface area contributed by atoms with E-state index in [4.69, 9.17) is 4.74 Å². The third-order valence-electron chi connectivity index (χ3n) is 3.33. The lowest BCUT2D eigenvalue weighted by Gasteiger charge is -2.32. The zero-order chi connectivity index (χ0) is 12.1. The van der Waals surface area contributed by atoms with Crippen LogP contribution in [0.15, 0.2) is 24.3 Å². The van der Waals surface area contributed by atoms with Crippen LogP contribution in [0.1, 0.15) is 24.0 Å². The summed E-state index contributed by atoms with van der Waals surface area (Å²) in [6.07, 6.45) is 1.46. The van der Waals surface area contributed by atoms with Crippen LogP contribution >= 0.6 is 0 Å². The second-order valence-corrected chi connectivity index (χ2v) is 4.93. The number of aliphatic hydroxyl groups is 1. The second-order valence-electron chi connectivity index (χ2n) is 4.93. The van der Waals surface area contributed by atoms with Crippen LogP contribution in [0.5, 0.6) is 0 Å². The van der Waals surface area contributed by atoms with Crippen LogP contribution in [-0.2, 0) is 11.3 Å². The molecule has 0 bridgehead atoms. The summed E-state index contributed by atoms with van der Waals surface area (Å²) in [5, 5.41) is 13.6. The van der Waals surface area contributed by atoms with Gasteiger partial charge >= 0.3 is 0 Å². The number of nitrogens with one attached hydrogen (secondary N) is 1. The van der Waals surface area contributed by atoms with Crippen LogP contribution in [0.2, 0.25) is 0 Å². The molecule has 1 fully saturated rings. The summed E-state index contributed by atoms with van der Waals surface area (Å²) in [6, 6.07) is 8.47. The molecule has 2 rings (SSSR count). The third kappa shape index (κ3) is 3.80. The highest BCUT2D eigenvalue weighted by atomic mass is 16.5. The standard InChI is InChI=1S/C14H21NO2/c1-12-2-4-13(5-3-12)10-15-11-14(16)6-8-17-9-7-14/h2-5,15-16H,6-11H2,1H3. The molecule has 94 valence electrons. The van der Waals surface area contributed by atoms with Crippen LogP contribution < -0.4 is 5.32 Å². The van der Waals surface area contributed by atoms with E-state index in [1.54, 1.807) is 0 Å². The molecule has 1 aromatic rings. The van der Waals surface area contributed by atoms with Crippen molar-refractivity contribution < 1.29 is 9.84 Å². The maximum absolute atomic E-state index is 10.3. The maximum atomic E-state index is 10.3. The lowest BCUT2D eigenvalue weighted by atomic mass is 9.94. The molecular formula is C14H21NO2. The first kappa shape index (κ1) is 12.6. The van der Waals surface area contributed by atoms with Gasteiger partial charge in [0.2, 0.25) is 0 Å². The Balaban J connectivity index is 1.77. The number of hydrogen-bond donors (Lipinski definition) is 2. The number of rotatable bonds is 4. The Hall–Kier alpha value is -0.900.